The van der Waals surface area contributed by atoms with Crippen LogP contribution in [0.3, 0.4) is 0 Å². The Morgan fingerprint density at radius 2 is 0.867 bits per heavy atom. The van der Waals surface area contributed by atoms with Crippen LogP contribution < -0.4 is 11.5 Å². The Kier molecular flexibility index (Phi) is 21.4. The van der Waals surface area contributed by atoms with Gasteiger partial charge in [-0.2, -0.15) is 0 Å². The van der Waals surface area contributed by atoms with Gasteiger partial charge in [-0.1, -0.05) is 61.6 Å². The summed E-state index contributed by atoms with van der Waals surface area (Å²) >= 11 is 0. The first-order valence-corrected chi connectivity index (χ1v) is 11.1. The summed E-state index contributed by atoms with van der Waals surface area (Å²) in [7, 11) is -2.15. The second kappa shape index (κ2) is 10.9. The largest absolute Gasteiger partial charge is 0.333 e. The van der Waals surface area contributed by atoms with Crippen molar-refractivity contribution in [3.63, 3.8) is 0 Å². The lowest BCUT2D eigenvalue weighted by Gasteiger charge is -2.29. The average Bonchev–Trinajstić information content (AvgIpc) is 1.86. The van der Waals surface area contributed by atoms with Gasteiger partial charge in [0, 0.05) is 0 Å². The van der Waals surface area contributed by atoms with E-state index in [-0.39, 0.29) is 29.7 Å². The summed E-state index contributed by atoms with van der Waals surface area (Å²) in [4.78, 5) is 0. The van der Waals surface area contributed by atoms with E-state index in [1.807, 2.05) is 0 Å². The fraction of sp³-hybridized carbons (Fsp3) is 1.00. The Labute approximate surface area is 102 Å². The summed E-state index contributed by atoms with van der Waals surface area (Å²) in [6.07, 6.45) is 1.81. The molecule has 2 nitrogen and oxygen atoms in total. The van der Waals surface area contributed by atoms with E-state index in [2.05, 4.69) is 26.2 Å². The van der Waals surface area contributed by atoms with Crippen molar-refractivity contribution in [3.8, 4) is 0 Å². The van der Waals surface area contributed by atoms with Crippen LogP contribution >= 0.6 is 0 Å². The molecule has 0 heterocycles. The topological polar surface area (TPSA) is 52.0 Å². The van der Waals surface area contributed by atoms with Crippen LogP contribution in [0.5, 0.6) is 0 Å². The van der Waals surface area contributed by atoms with Crippen LogP contribution in [0, 0.1) is 0 Å². The van der Waals surface area contributed by atoms with E-state index in [1.54, 1.807) is 0 Å². The van der Waals surface area contributed by atoms with Gasteiger partial charge in [0.05, 0.1) is 16.1 Å². The molecule has 0 saturated heterocycles. The maximum Gasteiger partial charge on any atom is 0.0597 e. The van der Waals surface area contributed by atoms with Crippen molar-refractivity contribution in [2.45, 2.75) is 61.6 Å². The van der Waals surface area contributed by atoms with Gasteiger partial charge in [0.25, 0.3) is 0 Å². The lowest BCUT2D eigenvalue weighted by atomic mass is 11.5. The maximum absolute atomic E-state index is 5.71. The maximum atomic E-state index is 5.71. The Balaban J connectivity index is -0.0000000833. The zero-order valence-corrected chi connectivity index (χ0v) is 10.3. The number of rotatable bonds is 4. The first kappa shape index (κ1) is 29.5. The molecule has 0 amide bonds. The fourth-order valence-electron chi connectivity index (χ4n) is 1.44. The fourth-order valence-corrected chi connectivity index (χ4v) is 13.0. The van der Waals surface area contributed by atoms with Crippen LogP contribution in [-0.2, 0) is 0 Å². The second-order valence-corrected chi connectivity index (χ2v) is 15.8. The summed E-state index contributed by atoms with van der Waals surface area (Å²) in [5, 5.41) is 0. The van der Waals surface area contributed by atoms with Gasteiger partial charge in [0.1, 0.15) is 0 Å². The van der Waals surface area contributed by atoms with E-state index in [9.17, 15) is 0 Å². The van der Waals surface area contributed by atoms with Crippen molar-refractivity contribution in [2.75, 3.05) is 12.3 Å². The van der Waals surface area contributed by atoms with Crippen LogP contribution in [0.25, 0.3) is 0 Å². The minimum Gasteiger partial charge on any atom is -0.333 e. The van der Waals surface area contributed by atoms with Crippen molar-refractivity contribution in [1.29, 1.82) is 0 Å². The van der Waals surface area contributed by atoms with Crippen LogP contribution in [0.15, 0.2) is 0 Å². The Bertz CT molecular complexity index is 112. The highest BCUT2D eigenvalue weighted by Gasteiger charge is 2.29. The molecule has 4 heteroatoms. The molecule has 0 aromatic heterocycles. The van der Waals surface area contributed by atoms with Crippen molar-refractivity contribution < 1.29 is 0 Å². The molecule has 0 bridgehead atoms. The summed E-state index contributed by atoms with van der Waals surface area (Å²) in [6, 6.07) is 0. The first-order valence-electron chi connectivity index (χ1n) is 4.23. The van der Waals surface area contributed by atoms with Gasteiger partial charge in [-0.15, -0.1) is 0 Å². The van der Waals surface area contributed by atoms with E-state index < -0.39 is 16.1 Å². The van der Waals surface area contributed by atoms with Gasteiger partial charge < -0.3 is 11.5 Å². The van der Waals surface area contributed by atoms with Gasteiger partial charge in [-0.3, -0.25) is 0 Å². The van der Waals surface area contributed by atoms with Gasteiger partial charge in [0.15, 0.2) is 0 Å². The standard InChI is InChI=1S/C7H22N2Si2.4CH4/c1-10(2,5-8)7-11(3,4)6-9;;;;/h5-9H2,1-4H3;4*1H4. The Morgan fingerprint density at radius 1 is 0.667 bits per heavy atom. The quantitative estimate of drug-likeness (QED) is 0.755. The molecule has 0 aliphatic rings. The smallest absolute Gasteiger partial charge is 0.0597 e. The highest BCUT2D eigenvalue weighted by Crippen LogP contribution is 2.17. The number of nitrogens with two attached hydrogens (primary N) is 2. The second-order valence-electron chi connectivity index (χ2n) is 4.91. The summed E-state index contributed by atoms with van der Waals surface area (Å²) in [6.45, 7) is 9.43. The molecule has 0 saturated carbocycles. The molecule has 0 aliphatic carbocycles. The molecule has 0 unspecified atom stereocenters. The normalized spacial score (nSPS) is 10.0. The number of hydrogen-bond acceptors (Lipinski definition) is 2. The predicted molar refractivity (Wildman–Crippen MR) is 84.8 cm³/mol. The minimum atomic E-state index is -1.07. The molecule has 0 aliphatic heterocycles. The van der Waals surface area contributed by atoms with E-state index in [0.29, 0.717) is 0 Å². The Morgan fingerprint density at radius 3 is 1.00 bits per heavy atom. The molecule has 0 aromatic carbocycles. The molecule has 4 N–H and O–H groups in total. The van der Waals surface area contributed by atoms with Crippen molar-refractivity contribution in [3.05, 3.63) is 0 Å². The van der Waals surface area contributed by atoms with Crippen molar-refractivity contribution in [2.24, 2.45) is 11.5 Å². The van der Waals surface area contributed by atoms with Crippen LogP contribution in [0.2, 0.25) is 31.9 Å². The van der Waals surface area contributed by atoms with Crippen molar-refractivity contribution in [1.82, 2.24) is 0 Å². The monoisotopic (exact) mass is 254 g/mol. The lowest BCUT2D eigenvalue weighted by Crippen LogP contribution is -2.48. The minimum absolute atomic E-state index is 0. The summed E-state index contributed by atoms with van der Waals surface area (Å²) in [5.74, 6) is 0. The first-order chi connectivity index (χ1) is 4.83. The van der Waals surface area contributed by atoms with E-state index in [0.717, 1.165) is 12.3 Å². The van der Waals surface area contributed by atoms with E-state index >= 15 is 0 Å². The zero-order chi connectivity index (χ0) is 9.12. The lowest BCUT2D eigenvalue weighted by molar-refractivity contribution is 1.23. The molecule has 0 radical (unpaired) electrons. The summed E-state index contributed by atoms with van der Waals surface area (Å²) in [5.41, 5.74) is 12.8. The number of hydrogen-bond donors (Lipinski definition) is 2. The van der Waals surface area contributed by atoms with Gasteiger partial charge >= 0.3 is 0 Å². The highest BCUT2D eigenvalue weighted by molar-refractivity contribution is 6.95. The van der Waals surface area contributed by atoms with E-state index in [4.69, 9.17) is 11.5 Å². The molecule has 0 fully saturated rings. The third kappa shape index (κ3) is 14.4. The molecule has 15 heavy (non-hydrogen) atoms. The molecular weight excluding hydrogens is 216 g/mol. The Hall–Kier alpha value is 0.354. The van der Waals surface area contributed by atoms with E-state index in [1.165, 1.54) is 5.67 Å². The van der Waals surface area contributed by atoms with Crippen LogP contribution in [0.4, 0.5) is 0 Å². The molecular formula is C11H38N2Si2. The third-order valence-electron chi connectivity index (χ3n) is 2.06. The van der Waals surface area contributed by atoms with Crippen LogP contribution in [0.1, 0.15) is 29.7 Å². The van der Waals surface area contributed by atoms with Gasteiger partial charge in [0.2, 0.25) is 0 Å². The molecule has 0 aromatic rings. The SMILES string of the molecule is C.C.C.C.C[Si](C)(CN)C[Si](C)(C)CN. The highest BCUT2D eigenvalue weighted by atomic mass is 28.4. The van der Waals surface area contributed by atoms with Gasteiger partial charge in [-0.25, -0.2) is 0 Å². The third-order valence-corrected chi connectivity index (χ3v) is 11.9. The molecule has 0 spiro atoms. The molecule has 0 atom stereocenters. The van der Waals surface area contributed by atoms with Gasteiger partial charge in [-0.05, 0) is 12.3 Å². The zero-order valence-electron chi connectivity index (χ0n) is 8.28. The average molecular weight is 255 g/mol. The predicted octanol–water partition coefficient (Wildman–Crippen LogP) is 3.48. The molecule has 0 rings (SSSR count). The molecule has 100 valence electrons. The van der Waals surface area contributed by atoms with Crippen LogP contribution in [-0.4, -0.2) is 28.5 Å². The van der Waals surface area contributed by atoms with Crippen molar-refractivity contribution >= 4 is 16.1 Å². The summed E-state index contributed by atoms with van der Waals surface area (Å²) < 4.78 is 0.